The van der Waals surface area contributed by atoms with Crippen LogP contribution in [0.5, 0.6) is 0 Å². The van der Waals surface area contributed by atoms with Gasteiger partial charge in [0, 0.05) is 36.3 Å². The smallest absolute Gasteiger partial charge is 0.290 e. The third-order valence-corrected chi connectivity index (χ3v) is 6.46. The predicted molar refractivity (Wildman–Crippen MR) is 134 cm³/mol. The van der Waals surface area contributed by atoms with Crippen molar-refractivity contribution in [1.29, 1.82) is 0 Å². The van der Waals surface area contributed by atoms with Crippen LogP contribution in [0.2, 0.25) is 0 Å². The number of carbonyl (C=O) groups is 1. The fourth-order valence-electron chi connectivity index (χ4n) is 4.60. The van der Waals surface area contributed by atoms with Crippen LogP contribution in [-0.4, -0.2) is 28.2 Å². The number of hydrogen-bond acceptors (Lipinski definition) is 4. The van der Waals surface area contributed by atoms with Gasteiger partial charge in [0.25, 0.3) is 5.91 Å². The Balaban J connectivity index is 1.34. The number of rotatable bonds is 3. The Kier molecular flexibility index (Phi) is 5.96. The van der Waals surface area contributed by atoms with Crippen LogP contribution in [0.15, 0.2) is 64.1 Å². The predicted octanol–water partition coefficient (Wildman–Crippen LogP) is 4.81. The van der Waals surface area contributed by atoms with Gasteiger partial charge in [0.15, 0.2) is 10.9 Å². The molecule has 0 saturated carbocycles. The molecule has 2 aliphatic rings. The van der Waals surface area contributed by atoms with Crippen molar-refractivity contribution >= 4 is 34.6 Å². The minimum Gasteiger partial charge on any atom is -0.455 e. The van der Waals surface area contributed by atoms with Crippen LogP contribution in [0.3, 0.4) is 0 Å². The number of anilines is 1. The maximum atomic E-state index is 13.4. The lowest BCUT2D eigenvalue weighted by Crippen LogP contribution is -2.36. The van der Waals surface area contributed by atoms with E-state index < -0.39 is 0 Å². The number of hydrogen-bond donors (Lipinski definition) is 2. The van der Waals surface area contributed by atoms with Crippen molar-refractivity contribution in [2.45, 2.75) is 39.2 Å². The van der Waals surface area contributed by atoms with Crippen molar-refractivity contribution in [2.75, 3.05) is 11.9 Å². The molecule has 1 aliphatic heterocycles. The number of fused-ring (bicyclic) bond motifs is 2. The quantitative estimate of drug-likeness (QED) is 0.435. The first-order valence-electron chi connectivity index (χ1n) is 11.3. The second-order valence-electron chi connectivity index (χ2n) is 8.44. The van der Waals surface area contributed by atoms with E-state index in [1.165, 1.54) is 11.1 Å². The highest BCUT2D eigenvalue weighted by Crippen LogP contribution is 2.31. The summed E-state index contributed by atoms with van der Waals surface area (Å²) in [6.45, 7) is 3.26. The van der Waals surface area contributed by atoms with E-state index in [0.717, 1.165) is 54.0 Å². The standard InChI is InChI=1S/C26H26N4O2S/c1-17-23-21(28-29-26(33)27-20-10-3-2-4-11-20)12-7-13-22(23)32-24(17)25(31)30-15-14-18-8-5-6-9-19(18)16-30/h2-6,8-11H,7,12-16H2,1H3,(H2,27,29,33)/b28-21+. The molecule has 1 aliphatic carbocycles. The van der Waals surface area contributed by atoms with Gasteiger partial charge in [-0.1, -0.05) is 42.5 Å². The van der Waals surface area contributed by atoms with Gasteiger partial charge in [-0.15, -0.1) is 0 Å². The first-order valence-corrected chi connectivity index (χ1v) is 11.7. The molecule has 0 saturated heterocycles. The molecule has 2 aromatic carbocycles. The first-order chi connectivity index (χ1) is 16.1. The molecule has 5 rings (SSSR count). The lowest BCUT2D eigenvalue weighted by Gasteiger charge is -2.28. The number of thiocarbonyl (C=S) groups is 1. The van der Waals surface area contributed by atoms with Gasteiger partial charge in [-0.25, -0.2) is 0 Å². The van der Waals surface area contributed by atoms with Crippen LogP contribution in [0.25, 0.3) is 0 Å². The summed E-state index contributed by atoms with van der Waals surface area (Å²) in [6.07, 6.45) is 3.39. The lowest BCUT2D eigenvalue weighted by molar-refractivity contribution is 0.0699. The second kappa shape index (κ2) is 9.19. The summed E-state index contributed by atoms with van der Waals surface area (Å²) in [7, 11) is 0. The van der Waals surface area contributed by atoms with Crippen molar-refractivity contribution < 1.29 is 9.21 Å². The number of furan rings is 1. The van der Waals surface area contributed by atoms with E-state index in [1.807, 2.05) is 48.2 Å². The maximum absolute atomic E-state index is 13.4. The summed E-state index contributed by atoms with van der Waals surface area (Å²) >= 11 is 5.39. The average Bonchev–Trinajstić information content (AvgIpc) is 3.19. The molecule has 1 amide bonds. The number of benzene rings is 2. The number of carbonyl (C=O) groups excluding carboxylic acids is 1. The SMILES string of the molecule is Cc1c(C(=O)N2CCc3ccccc3C2)oc2c1/C(=N/NC(=S)Nc1ccccc1)CCC2. The molecule has 2 heterocycles. The van der Waals surface area contributed by atoms with Gasteiger partial charge in [-0.2, -0.15) is 5.10 Å². The molecule has 0 radical (unpaired) electrons. The van der Waals surface area contributed by atoms with Crippen molar-refractivity contribution in [3.8, 4) is 0 Å². The zero-order valence-electron chi connectivity index (χ0n) is 18.6. The van der Waals surface area contributed by atoms with Crippen LogP contribution >= 0.6 is 12.2 Å². The van der Waals surface area contributed by atoms with E-state index in [2.05, 4.69) is 34.0 Å². The fraction of sp³-hybridized carbons (Fsp3) is 0.269. The zero-order chi connectivity index (χ0) is 22.8. The Bertz CT molecular complexity index is 1230. The molecule has 1 aromatic heterocycles. The molecule has 0 fully saturated rings. The fourth-order valence-corrected chi connectivity index (χ4v) is 4.76. The number of aryl methyl sites for hydroxylation is 1. The summed E-state index contributed by atoms with van der Waals surface area (Å²) in [6, 6.07) is 18.0. The third kappa shape index (κ3) is 4.41. The van der Waals surface area contributed by atoms with Gasteiger partial charge >= 0.3 is 0 Å². The molecule has 2 N–H and O–H groups in total. The summed E-state index contributed by atoms with van der Waals surface area (Å²) in [5.41, 5.74) is 9.05. The Morgan fingerprint density at radius 2 is 1.79 bits per heavy atom. The molecular weight excluding hydrogens is 432 g/mol. The number of amides is 1. The van der Waals surface area contributed by atoms with E-state index in [1.54, 1.807) is 0 Å². The lowest BCUT2D eigenvalue weighted by atomic mass is 9.93. The Morgan fingerprint density at radius 1 is 1.03 bits per heavy atom. The summed E-state index contributed by atoms with van der Waals surface area (Å²) in [5, 5.41) is 8.12. The van der Waals surface area contributed by atoms with E-state index in [9.17, 15) is 4.79 Å². The monoisotopic (exact) mass is 458 g/mol. The van der Waals surface area contributed by atoms with Gasteiger partial charge in [0.1, 0.15) is 5.76 Å². The van der Waals surface area contributed by atoms with Gasteiger partial charge in [0.2, 0.25) is 0 Å². The molecule has 0 spiro atoms. The van der Waals surface area contributed by atoms with Crippen molar-refractivity contribution in [2.24, 2.45) is 5.10 Å². The molecule has 7 heteroatoms. The highest BCUT2D eigenvalue weighted by Gasteiger charge is 2.31. The molecular formula is C26H26N4O2S. The molecule has 168 valence electrons. The van der Waals surface area contributed by atoms with E-state index in [4.69, 9.17) is 16.6 Å². The third-order valence-electron chi connectivity index (χ3n) is 6.26. The van der Waals surface area contributed by atoms with Crippen LogP contribution in [-0.2, 0) is 19.4 Å². The molecule has 0 atom stereocenters. The normalized spacial score (nSPS) is 16.2. The second-order valence-corrected chi connectivity index (χ2v) is 8.85. The minimum atomic E-state index is -0.0509. The Hall–Kier alpha value is -3.45. The molecule has 3 aromatic rings. The Morgan fingerprint density at radius 3 is 2.61 bits per heavy atom. The molecule has 6 nitrogen and oxygen atoms in total. The zero-order valence-corrected chi connectivity index (χ0v) is 19.4. The first kappa shape index (κ1) is 21.4. The van der Waals surface area contributed by atoms with Crippen LogP contribution in [0.1, 0.15) is 51.4 Å². The number of nitrogens with zero attached hydrogens (tertiary/aromatic N) is 2. The number of nitrogens with one attached hydrogen (secondary N) is 2. The Labute approximate surface area is 198 Å². The van der Waals surface area contributed by atoms with Crippen molar-refractivity contribution in [1.82, 2.24) is 10.3 Å². The number of hydrazone groups is 1. The largest absolute Gasteiger partial charge is 0.455 e. The maximum Gasteiger partial charge on any atom is 0.290 e. The average molecular weight is 459 g/mol. The van der Waals surface area contributed by atoms with E-state index in [0.29, 0.717) is 24.0 Å². The molecule has 0 bridgehead atoms. The van der Waals surface area contributed by atoms with Crippen molar-refractivity contribution in [3.63, 3.8) is 0 Å². The number of para-hydroxylation sites is 1. The highest BCUT2D eigenvalue weighted by atomic mass is 32.1. The van der Waals surface area contributed by atoms with Crippen LogP contribution in [0.4, 0.5) is 5.69 Å². The highest BCUT2D eigenvalue weighted by molar-refractivity contribution is 7.80. The van der Waals surface area contributed by atoms with Gasteiger partial charge < -0.3 is 14.6 Å². The van der Waals surface area contributed by atoms with Gasteiger partial charge in [0.05, 0.1) is 5.71 Å². The van der Waals surface area contributed by atoms with Gasteiger partial charge in [-0.05, 0) is 61.7 Å². The van der Waals surface area contributed by atoms with E-state index >= 15 is 0 Å². The topological polar surface area (TPSA) is 69.9 Å². The summed E-state index contributed by atoms with van der Waals surface area (Å²) in [5.74, 6) is 1.21. The molecule has 0 unspecified atom stereocenters. The van der Waals surface area contributed by atoms with Gasteiger partial charge in [-0.3, -0.25) is 10.2 Å². The van der Waals surface area contributed by atoms with Crippen molar-refractivity contribution in [3.05, 3.63) is 88.4 Å². The van der Waals surface area contributed by atoms with Crippen LogP contribution in [0, 0.1) is 6.92 Å². The van der Waals surface area contributed by atoms with E-state index in [-0.39, 0.29) is 5.91 Å². The summed E-state index contributed by atoms with van der Waals surface area (Å²) < 4.78 is 6.12. The summed E-state index contributed by atoms with van der Waals surface area (Å²) in [4.78, 5) is 15.3. The minimum absolute atomic E-state index is 0.0509. The molecule has 33 heavy (non-hydrogen) atoms. The van der Waals surface area contributed by atoms with Crippen LogP contribution < -0.4 is 10.7 Å².